The smallest absolute Gasteiger partial charge is 0.155 e. The molecular weight excluding hydrogens is 292 g/mol. The van der Waals surface area contributed by atoms with E-state index in [1.54, 1.807) is 0 Å². The van der Waals surface area contributed by atoms with E-state index in [1.165, 1.54) is 89.0 Å². The molecule has 3 aliphatic carbocycles. The van der Waals surface area contributed by atoms with Crippen LogP contribution in [0.15, 0.2) is 11.6 Å². The van der Waals surface area contributed by atoms with Gasteiger partial charge < -0.3 is 0 Å². The summed E-state index contributed by atoms with van der Waals surface area (Å²) < 4.78 is 0. The number of carbonyl (C=O) groups is 1. The fraction of sp³-hybridized carbons (Fsp3) is 0.870. The van der Waals surface area contributed by atoms with Gasteiger partial charge in [0.2, 0.25) is 0 Å². The Bertz CT molecular complexity index is 419. The Morgan fingerprint density at radius 3 is 2.17 bits per heavy atom. The number of unbranched alkanes of at least 4 members (excludes halogenated alkanes) is 2. The number of hydrogen-bond donors (Lipinski definition) is 0. The molecule has 0 amide bonds. The highest BCUT2D eigenvalue weighted by molar-refractivity contribution is 5.91. The molecule has 1 nitrogen and oxygen atoms in total. The zero-order valence-corrected chi connectivity index (χ0v) is 15.9. The molecule has 0 unspecified atom stereocenters. The summed E-state index contributed by atoms with van der Waals surface area (Å²) in [5.41, 5.74) is 1.50. The van der Waals surface area contributed by atoms with Crippen molar-refractivity contribution < 1.29 is 4.79 Å². The Morgan fingerprint density at radius 2 is 1.54 bits per heavy atom. The Kier molecular flexibility index (Phi) is 6.98. The van der Waals surface area contributed by atoms with E-state index in [-0.39, 0.29) is 0 Å². The van der Waals surface area contributed by atoms with Gasteiger partial charge in [-0.3, -0.25) is 4.79 Å². The number of carbonyl (C=O) groups excluding carboxylic acids is 1. The zero-order chi connectivity index (χ0) is 16.8. The Labute approximate surface area is 149 Å². The topological polar surface area (TPSA) is 17.1 Å². The summed E-state index contributed by atoms with van der Waals surface area (Å²) in [4.78, 5) is 11.7. The van der Waals surface area contributed by atoms with Crippen LogP contribution >= 0.6 is 0 Å². The first-order valence-corrected chi connectivity index (χ1v) is 11.0. The van der Waals surface area contributed by atoms with Gasteiger partial charge in [0.05, 0.1) is 0 Å². The molecule has 136 valence electrons. The van der Waals surface area contributed by atoms with Gasteiger partial charge in [-0.25, -0.2) is 0 Å². The molecule has 0 aromatic rings. The third-order valence-corrected chi connectivity index (χ3v) is 7.31. The largest absolute Gasteiger partial charge is 0.295 e. The Hall–Kier alpha value is -0.590. The van der Waals surface area contributed by atoms with Gasteiger partial charge in [-0.15, -0.1) is 0 Å². The lowest BCUT2D eigenvalue weighted by Crippen LogP contribution is -2.26. The molecular formula is C23H38O. The van der Waals surface area contributed by atoms with E-state index in [1.807, 2.05) is 6.08 Å². The van der Waals surface area contributed by atoms with Crippen molar-refractivity contribution in [3.8, 4) is 0 Å². The standard InChI is InChI=1S/C23H38O/c1-2-3-4-6-18-9-11-19(12-10-18)20-13-15-21(16-14-20)22-7-5-8-23(24)17-22/h17-21H,2-16H2,1H3/t18-,19-,20-,21-. The van der Waals surface area contributed by atoms with Gasteiger partial charge >= 0.3 is 0 Å². The van der Waals surface area contributed by atoms with E-state index in [0.717, 1.165) is 36.5 Å². The van der Waals surface area contributed by atoms with Gasteiger partial charge in [0, 0.05) is 6.42 Å². The fourth-order valence-corrected chi connectivity index (χ4v) is 5.73. The van der Waals surface area contributed by atoms with Crippen molar-refractivity contribution in [2.75, 3.05) is 0 Å². The molecule has 0 radical (unpaired) electrons. The molecule has 0 atom stereocenters. The molecule has 0 saturated heterocycles. The lowest BCUT2D eigenvalue weighted by atomic mass is 9.67. The predicted octanol–water partition coefficient (Wildman–Crippen LogP) is 6.86. The highest BCUT2D eigenvalue weighted by atomic mass is 16.1. The maximum absolute atomic E-state index is 11.7. The van der Waals surface area contributed by atoms with Gasteiger partial charge in [0.1, 0.15) is 0 Å². The molecule has 24 heavy (non-hydrogen) atoms. The summed E-state index contributed by atoms with van der Waals surface area (Å²) in [6.45, 7) is 2.31. The minimum absolute atomic E-state index is 0.389. The first-order valence-electron chi connectivity index (χ1n) is 11.0. The molecule has 0 aromatic carbocycles. The molecule has 0 aliphatic heterocycles. The van der Waals surface area contributed by atoms with Crippen LogP contribution in [0.5, 0.6) is 0 Å². The zero-order valence-electron chi connectivity index (χ0n) is 15.9. The van der Waals surface area contributed by atoms with Gasteiger partial charge in [0.15, 0.2) is 5.78 Å². The second-order valence-corrected chi connectivity index (χ2v) is 8.93. The monoisotopic (exact) mass is 330 g/mol. The number of hydrogen-bond acceptors (Lipinski definition) is 1. The molecule has 3 rings (SSSR count). The summed E-state index contributed by atoms with van der Waals surface area (Å²) in [6.07, 6.45) is 22.5. The van der Waals surface area contributed by atoms with Crippen LogP contribution in [-0.4, -0.2) is 5.78 Å². The lowest BCUT2D eigenvalue weighted by molar-refractivity contribution is -0.115. The van der Waals surface area contributed by atoms with Crippen LogP contribution in [0.25, 0.3) is 0 Å². The van der Waals surface area contributed by atoms with Crippen molar-refractivity contribution in [1.82, 2.24) is 0 Å². The molecule has 2 saturated carbocycles. The first kappa shape index (κ1) is 18.2. The fourth-order valence-electron chi connectivity index (χ4n) is 5.73. The van der Waals surface area contributed by atoms with Crippen LogP contribution in [0.3, 0.4) is 0 Å². The van der Waals surface area contributed by atoms with Crippen molar-refractivity contribution in [1.29, 1.82) is 0 Å². The normalized spacial score (nSPS) is 34.9. The number of allylic oxidation sites excluding steroid dienone is 2. The lowest BCUT2D eigenvalue weighted by Gasteiger charge is -2.38. The second kappa shape index (κ2) is 9.20. The quantitative estimate of drug-likeness (QED) is 0.486. The molecule has 0 bridgehead atoms. The van der Waals surface area contributed by atoms with Crippen molar-refractivity contribution in [2.45, 2.75) is 103 Å². The van der Waals surface area contributed by atoms with Gasteiger partial charge in [-0.05, 0) is 81.1 Å². The van der Waals surface area contributed by atoms with E-state index in [2.05, 4.69) is 6.92 Å². The van der Waals surface area contributed by atoms with E-state index in [0.29, 0.717) is 5.78 Å². The molecule has 0 heterocycles. The Morgan fingerprint density at radius 1 is 0.875 bits per heavy atom. The molecule has 3 aliphatic rings. The van der Waals surface area contributed by atoms with Crippen LogP contribution in [-0.2, 0) is 4.79 Å². The summed E-state index contributed by atoms with van der Waals surface area (Å²) in [5.74, 6) is 4.20. The average Bonchev–Trinajstić information content (AvgIpc) is 2.63. The van der Waals surface area contributed by atoms with Gasteiger partial charge in [-0.1, -0.05) is 51.0 Å². The molecule has 2 fully saturated rings. The van der Waals surface area contributed by atoms with Crippen LogP contribution in [0.4, 0.5) is 0 Å². The van der Waals surface area contributed by atoms with Crippen LogP contribution in [0, 0.1) is 23.7 Å². The third kappa shape index (κ3) is 4.96. The highest BCUT2D eigenvalue weighted by Gasteiger charge is 2.32. The van der Waals surface area contributed by atoms with Gasteiger partial charge in [0.25, 0.3) is 0 Å². The second-order valence-electron chi connectivity index (χ2n) is 8.93. The molecule has 0 N–H and O–H groups in total. The average molecular weight is 331 g/mol. The van der Waals surface area contributed by atoms with Gasteiger partial charge in [-0.2, -0.15) is 0 Å². The van der Waals surface area contributed by atoms with Crippen LogP contribution in [0.1, 0.15) is 103 Å². The molecule has 0 aromatic heterocycles. The van der Waals surface area contributed by atoms with Crippen molar-refractivity contribution in [3.05, 3.63) is 11.6 Å². The van der Waals surface area contributed by atoms with Crippen molar-refractivity contribution in [2.24, 2.45) is 23.7 Å². The maximum Gasteiger partial charge on any atom is 0.155 e. The van der Waals surface area contributed by atoms with Crippen molar-refractivity contribution >= 4 is 5.78 Å². The summed E-state index contributed by atoms with van der Waals surface area (Å²) in [7, 11) is 0. The van der Waals surface area contributed by atoms with E-state index >= 15 is 0 Å². The van der Waals surface area contributed by atoms with Crippen LogP contribution in [0.2, 0.25) is 0 Å². The molecule has 1 heteroatoms. The van der Waals surface area contributed by atoms with Crippen molar-refractivity contribution in [3.63, 3.8) is 0 Å². The number of rotatable bonds is 6. The van der Waals surface area contributed by atoms with Crippen LogP contribution < -0.4 is 0 Å². The van der Waals surface area contributed by atoms with E-state index < -0.39 is 0 Å². The minimum Gasteiger partial charge on any atom is -0.295 e. The highest BCUT2D eigenvalue weighted by Crippen LogP contribution is 2.44. The minimum atomic E-state index is 0.389. The summed E-state index contributed by atoms with van der Waals surface area (Å²) >= 11 is 0. The third-order valence-electron chi connectivity index (χ3n) is 7.31. The first-order chi connectivity index (χ1) is 11.8. The molecule has 0 spiro atoms. The maximum atomic E-state index is 11.7. The SMILES string of the molecule is CCCCC[C@H]1CC[C@H]([C@H]2CC[C@H](C3=CC(=O)CCC3)CC2)CC1. The number of ketones is 1. The predicted molar refractivity (Wildman–Crippen MR) is 102 cm³/mol. The summed E-state index contributed by atoms with van der Waals surface area (Å²) in [5, 5.41) is 0. The van der Waals surface area contributed by atoms with E-state index in [9.17, 15) is 4.79 Å². The van der Waals surface area contributed by atoms with E-state index in [4.69, 9.17) is 0 Å². The summed E-state index contributed by atoms with van der Waals surface area (Å²) in [6, 6.07) is 0. The Balaban J connectivity index is 1.39.